The van der Waals surface area contributed by atoms with Gasteiger partial charge in [0.1, 0.15) is 11.5 Å². The van der Waals surface area contributed by atoms with E-state index in [1.165, 1.54) is 18.0 Å². The normalized spacial score (nSPS) is 11.2. The molecule has 3 rings (SSSR count). The Bertz CT molecular complexity index is 949. The van der Waals surface area contributed by atoms with Crippen molar-refractivity contribution in [2.45, 2.75) is 25.5 Å². The maximum Gasteiger partial charge on any atom is 0.250 e. The van der Waals surface area contributed by atoms with Crippen molar-refractivity contribution < 1.29 is 9.21 Å². The molecule has 1 N–H and O–H groups in total. The van der Waals surface area contributed by atoms with Crippen LogP contribution in [0.15, 0.2) is 51.1 Å². The molecule has 7 nitrogen and oxygen atoms in total. The number of aryl methyl sites for hydroxylation is 1. The van der Waals surface area contributed by atoms with E-state index in [1.807, 2.05) is 48.7 Å². The van der Waals surface area contributed by atoms with Crippen LogP contribution in [0.1, 0.15) is 18.4 Å². The minimum Gasteiger partial charge on any atom is -0.460 e. The number of hydrogen-bond acceptors (Lipinski definition) is 6. The van der Waals surface area contributed by atoms with Crippen LogP contribution in [0.5, 0.6) is 0 Å². The fraction of sp³-hybridized carbons (Fsp3) is 0.222. The summed E-state index contributed by atoms with van der Waals surface area (Å²) >= 11 is 7.24. The second-order valence-corrected chi connectivity index (χ2v) is 6.97. The second kappa shape index (κ2) is 8.88. The van der Waals surface area contributed by atoms with Crippen molar-refractivity contribution in [2.24, 2.45) is 5.10 Å². The zero-order valence-electron chi connectivity index (χ0n) is 14.8. The maximum atomic E-state index is 12.0. The number of furan rings is 1. The van der Waals surface area contributed by atoms with Gasteiger partial charge in [0.2, 0.25) is 0 Å². The number of rotatable bonds is 7. The number of thioether (sulfide) groups is 1. The molecule has 27 heavy (non-hydrogen) atoms. The standard InChI is InChI=1S/C18H18ClN5O2S/c1-3-24-17(13-5-7-14(19)8-6-13)22-23-18(24)27-11-16(25)21-20-10-15-9-4-12(2)26-15/h4-10H,3,11H2,1-2H3,(H,21,25)/b20-10-. The summed E-state index contributed by atoms with van der Waals surface area (Å²) in [5, 5.41) is 13.7. The summed E-state index contributed by atoms with van der Waals surface area (Å²) in [6.07, 6.45) is 1.46. The number of halogens is 1. The van der Waals surface area contributed by atoms with E-state index < -0.39 is 0 Å². The summed E-state index contributed by atoms with van der Waals surface area (Å²) < 4.78 is 7.30. The summed E-state index contributed by atoms with van der Waals surface area (Å²) in [7, 11) is 0. The van der Waals surface area contributed by atoms with Gasteiger partial charge < -0.3 is 8.98 Å². The van der Waals surface area contributed by atoms with Gasteiger partial charge in [-0.3, -0.25) is 4.79 Å². The number of carbonyl (C=O) groups is 1. The molecule has 0 aliphatic heterocycles. The third-order valence-electron chi connectivity index (χ3n) is 3.61. The van der Waals surface area contributed by atoms with Gasteiger partial charge in [0.05, 0.1) is 12.0 Å². The first-order chi connectivity index (χ1) is 13.1. The van der Waals surface area contributed by atoms with Gasteiger partial charge in [0, 0.05) is 17.1 Å². The number of carbonyl (C=O) groups excluding carboxylic acids is 1. The lowest BCUT2D eigenvalue weighted by molar-refractivity contribution is -0.118. The van der Waals surface area contributed by atoms with E-state index in [-0.39, 0.29) is 11.7 Å². The number of aromatic nitrogens is 3. The highest BCUT2D eigenvalue weighted by molar-refractivity contribution is 7.99. The molecule has 2 heterocycles. The fourth-order valence-corrected chi connectivity index (χ4v) is 3.27. The Morgan fingerprint density at radius 2 is 2.07 bits per heavy atom. The maximum absolute atomic E-state index is 12.0. The largest absolute Gasteiger partial charge is 0.460 e. The smallest absolute Gasteiger partial charge is 0.250 e. The van der Waals surface area contributed by atoms with Crippen LogP contribution < -0.4 is 5.43 Å². The number of nitrogens with zero attached hydrogens (tertiary/aromatic N) is 4. The highest BCUT2D eigenvalue weighted by atomic mass is 35.5. The summed E-state index contributed by atoms with van der Waals surface area (Å²) in [4.78, 5) is 12.0. The highest BCUT2D eigenvalue weighted by Gasteiger charge is 2.14. The van der Waals surface area contributed by atoms with Crippen LogP contribution >= 0.6 is 23.4 Å². The molecule has 0 saturated heterocycles. The topological polar surface area (TPSA) is 85.3 Å². The van der Waals surface area contributed by atoms with E-state index in [2.05, 4.69) is 20.7 Å². The van der Waals surface area contributed by atoms with Crippen molar-refractivity contribution in [1.82, 2.24) is 20.2 Å². The quantitative estimate of drug-likeness (QED) is 0.369. The second-order valence-electron chi connectivity index (χ2n) is 5.59. The van der Waals surface area contributed by atoms with Crippen LogP contribution in [0.3, 0.4) is 0 Å². The van der Waals surface area contributed by atoms with Crippen LogP contribution in [0.4, 0.5) is 0 Å². The first-order valence-corrected chi connectivity index (χ1v) is 9.63. The van der Waals surface area contributed by atoms with Crippen molar-refractivity contribution in [3.63, 3.8) is 0 Å². The molecule has 0 radical (unpaired) electrons. The molecule has 0 atom stereocenters. The highest BCUT2D eigenvalue weighted by Crippen LogP contribution is 2.24. The van der Waals surface area contributed by atoms with E-state index in [1.54, 1.807) is 6.07 Å². The molecule has 9 heteroatoms. The average molecular weight is 404 g/mol. The molecule has 0 spiro atoms. The van der Waals surface area contributed by atoms with E-state index in [4.69, 9.17) is 16.0 Å². The molecule has 0 aliphatic carbocycles. The third kappa shape index (κ3) is 4.99. The third-order valence-corrected chi connectivity index (χ3v) is 4.83. The molecule has 0 fully saturated rings. The molecule has 0 bridgehead atoms. The zero-order valence-corrected chi connectivity index (χ0v) is 16.4. The molecule has 1 aromatic carbocycles. The predicted octanol–water partition coefficient (Wildman–Crippen LogP) is 3.76. The van der Waals surface area contributed by atoms with Crippen LogP contribution in [-0.2, 0) is 11.3 Å². The van der Waals surface area contributed by atoms with Crippen LogP contribution in [0, 0.1) is 6.92 Å². The fourth-order valence-electron chi connectivity index (χ4n) is 2.35. The summed E-state index contributed by atoms with van der Waals surface area (Å²) in [5.74, 6) is 2.04. The van der Waals surface area contributed by atoms with Crippen molar-refractivity contribution in [3.8, 4) is 11.4 Å². The molecular weight excluding hydrogens is 386 g/mol. The van der Waals surface area contributed by atoms with Gasteiger partial charge in [-0.2, -0.15) is 5.10 Å². The first kappa shape index (κ1) is 19.2. The molecule has 0 aliphatic rings. The zero-order chi connectivity index (χ0) is 19.2. The number of amides is 1. The lowest BCUT2D eigenvalue weighted by atomic mass is 10.2. The molecule has 2 aromatic heterocycles. The summed E-state index contributed by atoms with van der Waals surface area (Å²) in [6, 6.07) is 11.0. The van der Waals surface area contributed by atoms with Crippen molar-refractivity contribution in [2.75, 3.05) is 5.75 Å². The Morgan fingerprint density at radius 3 is 2.74 bits per heavy atom. The first-order valence-electron chi connectivity index (χ1n) is 8.27. The lowest BCUT2D eigenvalue weighted by Crippen LogP contribution is -2.20. The monoisotopic (exact) mass is 403 g/mol. The minimum absolute atomic E-state index is 0.174. The molecule has 0 saturated carbocycles. The van der Waals surface area contributed by atoms with E-state index >= 15 is 0 Å². The Morgan fingerprint density at radius 1 is 1.30 bits per heavy atom. The lowest BCUT2D eigenvalue weighted by Gasteiger charge is -2.07. The number of hydrazone groups is 1. The minimum atomic E-state index is -0.238. The SMILES string of the molecule is CCn1c(SCC(=O)N/N=C\c2ccc(C)o2)nnc1-c1ccc(Cl)cc1. The van der Waals surface area contributed by atoms with Crippen LogP contribution in [0.2, 0.25) is 5.02 Å². The van der Waals surface area contributed by atoms with Gasteiger partial charge >= 0.3 is 0 Å². The van der Waals surface area contributed by atoms with E-state index in [0.717, 1.165) is 17.1 Å². The van der Waals surface area contributed by atoms with Gasteiger partial charge in [-0.25, -0.2) is 5.43 Å². The predicted molar refractivity (Wildman–Crippen MR) is 106 cm³/mol. The molecule has 3 aromatic rings. The van der Waals surface area contributed by atoms with Crippen molar-refractivity contribution in [3.05, 3.63) is 52.9 Å². The van der Waals surface area contributed by atoms with Crippen molar-refractivity contribution in [1.29, 1.82) is 0 Å². The van der Waals surface area contributed by atoms with Crippen molar-refractivity contribution >= 4 is 35.5 Å². The Labute approximate surface area is 165 Å². The Balaban J connectivity index is 1.59. The van der Waals surface area contributed by atoms with Gasteiger partial charge in [0.25, 0.3) is 5.91 Å². The number of nitrogens with one attached hydrogen (secondary N) is 1. The summed E-state index contributed by atoms with van der Waals surface area (Å²) in [6.45, 7) is 4.53. The number of hydrogen-bond donors (Lipinski definition) is 1. The van der Waals surface area contributed by atoms with Gasteiger partial charge in [0.15, 0.2) is 11.0 Å². The Hall–Kier alpha value is -2.58. The van der Waals surface area contributed by atoms with E-state index in [0.29, 0.717) is 22.5 Å². The van der Waals surface area contributed by atoms with Gasteiger partial charge in [-0.05, 0) is 50.2 Å². The molecular formula is C18H18ClN5O2S. The number of benzene rings is 1. The van der Waals surface area contributed by atoms with Crippen LogP contribution in [-0.4, -0.2) is 32.6 Å². The Kier molecular flexibility index (Phi) is 6.31. The van der Waals surface area contributed by atoms with Gasteiger partial charge in [-0.15, -0.1) is 10.2 Å². The molecule has 0 unspecified atom stereocenters. The summed E-state index contributed by atoms with van der Waals surface area (Å²) in [5.41, 5.74) is 3.39. The van der Waals surface area contributed by atoms with E-state index in [9.17, 15) is 4.79 Å². The molecule has 140 valence electrons. The average Bonchev–Trinajstić information content (AvgIpc) is 3.26. The van der Waals surface area contributed by atoms with Crippen LogP contribution in [0.25, 0.3) is 11.4 Å². The van der Waals surface area contributed by atoms with Gasteiger partial charge in [-0.1, -0.05) is 23.4 Å². The molecule has 1 amide bonds.